The Balaban J connectivity index is 2.69. The molecule has 0 aromatic heterocycles. The Morgan fingerprint density at radius 2 is 1.67 bits per heavy atom. The lowest BCUT2D eigenvalue weighted by Crippen LogP contribution is -2.08. The van der Waals surface area contributed by atoms with Gasteiger partial charge in [0.2, 0.25) is 0 Å². The fourth-order valence-electron chi connectivity index (χ4n) is 0.558. The maximum atomic E-state index is 12.0. The lowest BCUT2D eigenvalue weighted by molar-refractivity contribution is 0.151. The van der Waals surface area contributed by atoms with Crippen molar-refractivity contribution in [1.29, 1.82) is 0 Å². The smallest absolute Gasteiger partial charge is 0.221 e. The van der Waals surface area contributed by atoms with E-state index in [1.165, 1.54) is 0 Å². The van der Waals surface area contributed by atoms with E-state index in [1.807, 2.05) is 0 Å². The zero-order chi connectivity index (χ0) is 6.85. The van der Waals surface area contributed by atoms with Crippen molar-refractivity contribution in [2.45, 2.75) is 0 Å². The summed E-state index contributed by atoms with van der Waals surface area (Å²) in [6.45, 7) is 0. The summed E-state index contributed by atoms with van der Waals surface area (Å²) in [6, 6.07) is 0. The van der Waals surface area contributed by atoms with Crippen molar-refractivity contribution in [3.63, 3.8) is 0 Å². The van der Waals surface area contributed by atoms with Gasteiger partial charge in [0, 0.05) is 0 Å². The lowest BCUT2D eigenvalue weighted by Gasteiger charge is -2.06. The van der Waals surface area contributed by atoms with E-state index in [1.54, 1.807) is 0 Å². The second-order valence-corrected chi connectivity index (χ2v) is 1.67. The summed E-state index contributed by atoms with van der Waals surface area (Å²) in [5.74, 6) is 0. The van der Waals surface area contributed by atoms with Gasteiger partial charge in [-0.1, -0.05) is 4.48 Å². The van der Waals surface area contributed by atoms with Gasteiger partial charge in [0.1, 0.15) is 0 Å². The fourth-order valence-corrected chi connectivity index (χ4v) is 0.558. The molecule has 1 heterocycles. The largest absolute Gasteiger partial charge is 0.270 e. The summed E-state index contributed by atoms with van der Waals surface area (Å²) in [4.78, 5) is 0. The minimum absolute atomic E-state index is 0.145. The Morgan fingerprint density at radius 1 is 1.22 bits per heavy atom. The lowest BCUT2D eigenvalue weighted by atomic mass is 9.75. The molecule has 0 aromatic rings. The van der Waals surface area contributed by atoms with Crippen LogP contribution in [0.4, 0.5) is 13.3 Å². The average molecular weight is 133 g/mol. The number of halogens is 3. The van der Waals surface area contributed by atoms with Crippen LogP contribution in [-0.4, -0.2) is 12.4 Å². The van der Waals surface area contributed by atoms with Crippen LogP contribution in [0.5, 0.6) is 0 Å². The first-order valence-electron chi connectivity index (χ1n) is 2.35. The highest BCUT2D eigenvalue weighted by Crippen LogP contribution is 2.12. The molecule has 0 fully saturated rings. The fraction of sp³-hybridized carbons (Fsp3) is 0. The van der Waals surface area contributed by atoms with Crippen LogP contribution >= 0.6 is 0 Å². The first kappa shape index (κ1) is 6.26. The van der Waals surface area contributed by atoms with Gasteiger partial charge in [0.15, 0.2) is 0 Å². The summed E-state index contributed by atoms with van der Waals surface area (Å²) in [5.41, 5.74) is -1.62. The maximum absolute atomic E-state index is 12.0. The Hall–Kier alpha value is -0.865. The molecule has 1 rings (SSSR count). The van der Waals surface area contributed by atoms with E-state index in [-0.39, 0.29) is 5.12 Å². The van der Waals surface area contributed by atoms with Gasteiger partial charge in [-0.05, 0) is 0 Å². The zero-order valence-corrected chi connectivity index (χ0v) is 4.44. The predicted molar refractivity (Wildman–Crippen MR) is 28.5 cm³/mol. The first-order valence-corrected chi connectivity index (χ1v) is 2.35. The second kappa shape index (κ2) is 2.17. The number of hydrogen-bond acceptors (Lipinski definition) is 1. The topological polar surface area (TPSA) is 3.24 Å². The molecule has 0 aliphatic carbocycles. The number of hydrogen-bond donors (Lipinski definition) is 0. The van der Waals surface area contributed by atoms with E-state index < -0.39 is 18.7 Å². The normalized spacial score (nSPS) is 18.3. The van der Waals surface area contributed by atoms with Gasteiger partial charge in [-0.2, -0.15) is 5.12 Å². The molecular formula is C4H3BF3N. The summed E-state index contributed by atoms with van der Waals surface area (Å²) in [7, 11) is -0.430. The molecular weight excluding hydrogens is 130 g/mol. The van der Waals surface area contributed by atoms with Crippen LogP contribution in [0.15, 0.2) is 23.9 Å². The van der Waals surface area contributed by atoms with Crippen LogP contribution in [0, 0.1) is 0 Å². The van der Waals surface area contributed by atoms with Crippen molar-refractivity contribution < 1.29 is 13.3 Å². The highest BCUT2D eigenvalue weighted by atomic mass is 19.2. The Morgan fingerprint density at radius 3 is 2.00 bits per heavy atom. The van der Waals surface area contributed by atoms with E-state index in [4.69, 9.17) is 0 Å². The molecule has 0 atom stereocenters. The van der Waals surface area contributed by atoms with Gasteiger partial charge in [0.05, 0.1) is 23.9 Å². The predicted octanol–water partition coefficient (Wildman–Crippen LogP) is 1.16. The van der Waals surface area contributed by atoms with Crippen LogP contribution in [0.25, 0.3) is 0 Å². The Bertz CT molecular complexity index is 159. The quantitative estimate of drug-likeness (QED) is 0.354. The van der Waals surface area contributed by atoms with Crippen LogP contribution in [0.3, 0.4) is 0 Å². The molecule has 0 radical (unpaired) electrons. The van der Waals surface area contributed by atoms with Crippen molar-refractivity contribution in [2.24, 2.45) is 0 Å². The van der Waals surface area contributed by atoms with Gasteiger partial charge in [-0.3, -0.25) is 0 Å². The van der Waals surface area contributed by atoms with Gasteiger partial charge >= 0.3 is 0 Å². The molecule has 0 saturated carbocycles. The van der Waals surface area contributed by atoms with Crippen molar-refractivity contribution >= 4 is 7.28 Å². The molecule has 5 heteroatoms. The molecule has 1 aliphatic rings. The van der Waals surface area contributed by atoms with Crippen LogP contribution < -0.4 is 0 Å². The average Bonchev–Trinajstić information content (AvgIpc) is 1.59. The van der Waals surface area contributed by atoms with E-state index in [9.17, 15) is 13.3 Å². The third kappa shape index (κ3) is 1.52. The summed E-state index contributed by atoms with van der Waals surface area (Å²) in [5, 5.41) is -0.145. The minimum atomic E-state index is -0.808. The van der Waals surface area contributed by atoms with Crippen molar-refractivity contribution in [1.82, 2.24) is 5.12 Å². The third-order valence-corrected chi connectivity index (χ3v) is 0.865. The van der Waals surface area contributed by atoms with E-state index in [2.05, 4.69) is 0 Å². The molecule has 0 spiro atoms. The molecule has 0 aromatic carbocycles. The molecule has 0 amide bonds. The second-order valence-electron chi connectivity index (χ2n) is 1.67. The molecule has 0 unspecified atom stereocenters. The van der Waals surface area contributed by atoms with Gasteiger partial charge < -0.3 is 0 Å². The minimum Gasteiger partial charge on any atom is -0.221 e. The molecule has 9 heavy (non-hydrogen) atoms. The van der Waals surface area contributed by atoms with Crippen molar-refractivity contribution in [2.75, 3.05) is 0 Å². The monoisotopic (exact) mass is 133 g/mol. The van der Waals surface area contributed by atoms with Crippen LogP contribution in [-0.2, 0) is 0 Å². The Labute approximate surface area is 50.6 Å². The molecule has 1 aliphatic heterocycles. The SMILES string of the molecule is FC1=CN(F)C=C(F)B1. The van der Waals surface area contributed by atoms with E-state index in [0.717, 1.165) is 0 Å². The Kier molecular flexibility index (Phi) is 1.51. The van der Waals surface area contributed by atoms with Crippen LogP contribution in [0.2, 0.25) is 0 Å². The highest BCUT2D eigenvalue weighted by Gasteiger charge is 2.12. The zero-order valence-electron chi connectivity index (χ0n) is 4.44. The molecule has 1 nitrogen and oxygen atoms in total. The standard InChI is InChI=1S/C4H3BF3N/c6-3-1-9(8)2-4(7)5-3/h1-2,5H. The van der Waals surface area contributed by atoms with E-state index in [0.29, 0.717) is 12.4 Å². The number of nitrogens with zero attached hydrogens (tertiary/aromatic N) is 1. The summed E-state index contributed by atoms with van der Waals surface area (Å²) >= 11 is 0. The maximum Gasteiger partial charge on any atom is 0.270 e. The van der Waals surface area contributed by atoms with Gasteiger partial charge in [0.25, 0.3) is 7.28 Å². The molecule has 0 bridgehead atoms. The van der Waals surface area contributed by atoms with Crippen molar-refractivity contribution in [3.05, 3.63) is 23.9 Å². The highest BCUT2D eigenvalue weighted by molar-refractivity contribution is 6.52. The first-order chi connectivity index (χ1) is 4.18. The van der Waals surface area contributed by atoms with Crippen LogP contribution in [0.1, 0.15) is 0 Å². The van der Waals surface area contributed by atoms with E-state index >= 15 is 0 Å². The van der Waals surface area contributed by atoms with Gasteiger partial charge in [-0.15, -0.1) is 0 Å². The van der Waals surface area contributed by atoms with Gasteiger partial charge in [-0.25, -0.2) is 8.78 Å². The third-order valence-electron chi connectivity index (χ3n) is 0.865. The summed E-state index contributed by atoms with van der Waals surface area (Å²) < 4.78 is 35.9. The number of rotatable bonds is 0. The van der Waals surface area contributed by atoms with Crippen molar-refractivity contribution in [3.8, 4) is 0 Å². The molecule has 0 N–H and O–H groups in total. The molecule has 48 valence electrons. The summed E-state index contributed by atoms with van der Waals surface area (Å²) in [6.07, 6.45) is 1.17. The molecule has 0 saturated heterocycles.